The molecule has 0 saturated carbocycles. The van der Waals surface area contributed by atoms with E-state index in [1.807, 2.05) is 0 Å². The molecule has 0 aliphatic carbocycles. The van der Waals surface area contributed by atoms with Crippen LogP contribution in [-0.4, -0.2) is 30.6 Å². The zero-order chi connectivity index (χ0) is 5.98. The van der Waals surface area contributed by atoms with Gasteiger partial charge >= 0.3 is 0 Å². The average Bonchev–Trinajstić information content (AvgIpc) is 1.77. The molecule has 0 spiro atoms. The molecular weight excluding hydrogens is 100 g/mol. The Balaban J connectivity index is 2.28. The van der Waals surface area contributed by atoms with Gasteiger partial charge in [0.05, 0.1) is 0 Å². The summed E-state index contributed by atoms with van der Waals surface area (Å²) in [5.74, 6) is 0. The maximum absolute atomic E-state index is 3.87. The molecule has 0 aromatic heterocycles. The molecular formula is C6H13N2. The second-order valence-electron chi connectivity index (χ2n) is 2.37. The van der Waals surface area contributed by atoms with Crippen LogP contribution in [-0.2, 0) is 0 Å². The number of nitrogens with one attached hydrogen (secondary N) is 1. The van der Waals surface area contributed by atoms with E-state index in [1.165, 1.54) is 0 Å². The summed E-state index contributed by atoms with van der Waals surface area (Å²) in [6.45, 7) is 5.44. The summed E-state index contributed by atoms with van der Waals surface area (Å²) in [5, 5.41) is 3.28. The molecule has 0 aromatic rings. The Morgan fingerprint density at radius 1 is 1.75 bits per heavy atom. The van der Waals surface area contributed by atoms with Gasteiger partial charge in [-0.1, -0.05) is 0 Å². The maximum atomic E-state index is 3.87. The van der Waals surface area contributed by atoms with Crippen molar-refractivity contribution in [3.63, 3.8) is 0 Å². The van der Waals surface area contributed by atoms with Crippen LogP contribution in [0, 0.1) is 7.05 Å². The lowest BCUT2D eigenvalue weighted by Gasteiger charge is -2.29. The van der Waals surface area contributed by atoms with E-state index < -0.39 is 0 Å². The van der Waals surface area contributed by atoms with Crippen LogP contribution >= 0.6 is 0 Å². The fourth-order valence-corrected chi connectivity index (χ4v) is 0.883. The molecule has 8 heavy (non-hydrogen) atoms. The molecule has 0 bridgehead atoms. The minimum atomic E-state index is 0.615. The molecule has 2 heteroatoms. The van der Waals surface area contributed by atoms with Gasteiger partial charge in [0.15, 0.2) is 0 Å². The van der Waals surface area contributed by atoms with Gasteiger partial charge in [-0.25, -0.2) is 0 Å². The highest BCUT2D eigenvalue weighted by Crippen LogP contribution is 1.97. The van der Waals surface area contributed by atoms with Crippen molar-refractivity contribution in [3.8, 4) is 0 Å². The third kappa shape index (κ3) is 1.20. The lowest BCUT2D eigenvalue weighted by molar-refractivity contribution is 0.240. The van der Waals surface area contributed by atoms with Gasteiger partial charge in [-0.05, 0) is 6.92 Å². The predicted molar refractivity (Wildman–Crippen MR) is 34.4 cm³/mol. The van der Waals surface area contributed by atoms with Crippen molar-refractivity contribution in [2.45, 2.75) is 13.0 Å². The summed E-state index contributed by atoms with van der Waals surface area (Å²) in [4.78, 5) is 2.12. The van der Waals surface area contributed by atoms with Crippen LogP contribution in [0.1, 0.15) is 6.92 Å². The summed E-state index contributed by atoms with van der Waals surface area (Å²) in [6, 6.07) is 0.615. The van der Waals surface area contributed by atoms with Crippen molar-refractivity contribution >= 4 is 0 Å². The molecule has 47 valence electrons. The standard InChI is InChI=1S/C6H13N2/c1-6-5-7-3-4-8(6)2/h6-7H,2-5H2,1H3. The highest BCUT2D eigenvalue weighted by atomic mass is 15.2. The first-order chi connectivity index (χ1) is 3.80. The molecule has 1 aliphatic rings. The Hall–Kier alpha value is -0.0800. The van der Waals surface area contributed by atoms with Crippen LogP contribution in [0.25, 0.3) is 0 Å². The summed E-state index contributed by atoms with van der Waals surface area (Å²) in [7, 11) is 3.87. The smallest absolute Gasteiger partial charge is 0.0193 e. The lowest BCUT2D eigenvalue weighted by Crippen LogP contribution is -2.46. The topological polar surface area (TPSA) is 15.3 Å². The number of hydrogen-bond donors (Lipinski definition) is 1. The van der Waals surface area contributed by atoms with Gasteiger partial charge in [0.1, 0.15) is 0 Å². The molecule has 1 radical (unpaired) electrons. The monoisotopic (exact) mass is 113 g/mol. The molecule has 0 aromatic carbocycles. The van der Waals surface area contributed by atoms with Crippen molar-refractivity contribution in [2.24, 2.45) is 0 Å². The van der Waals surface area contributed by atoms with Crippen molar-refractivity contribution < 1.29 is 0 Å². The van der Waals surface area contributed by atoms with Gasteiger partial charge in [-0.3, -0.25) is 4.90 Å². The molecule has 1 heterocycles. The molecule has 1 N–H and O–H groups in total. The molecule has 1 fully saturated rings. The van der Waals surface area contributed by atoms with E-state index >= 15 is 0 Å². The minimum Gasteiger partial charge on any atom is -0.314 e. The first kappa shape index (κ1) is 6.05. The zero-order valence-electron chi connectivity index (χ0n) is 5.35. The minimum absolute atomic E-state index is 0.615. The van der Waals surface area contributed by atoms with E-state index in [4.69, 9.17) is 0 Å². The number of piperazine rings is 1. The van der Waals surface area contributed by atoms with Gasteiger partial charge in [-0.15, -0.1) is 0 Å². The van der Waals surface area contributed by atoms with Gasteiger partial charge in [-0.2, -0.15) is 0 Å². The van der Waals surface area contributed by atoms with E-state index in [1.54, 1.807) is 0 Å². The molecule has 0 amide bonds. The third-order valence-corrected chi connectivity index (χ3v) is 1.64. The fraction of sp³-hybridized carbons (Fsp3) is 0.833. The summed E-state index contributed by atoms with van der Waals surface area (Å²) in [5.41, 5.74) is 0. The van der Waals surface area contributed by atoms with Gasteiger partial charge in [0.25, 0.3) is 0 Å². The van der Waals surface area contributed by atoms with Crippen LogP contribution < -0.4 is 5.32 Å². The van der Waals surface area contributed by atoms with Crippen LogP contribution in [0.4, 0.5) is 0 Å². The highest BCUT2D eigenvalue weighted by molar-refractivity contribution is 4.74. The van der Waals surface area contributed by atoms with Crippen molar-refractivity contribution in [1.82, 2.24) is 10.2 Å². The maximum Gasteiger partial charge on any atom is 0.0193 e. The van der Waals surface area contributed by atoms with E-state index in [0.29, 0.717) is 6.04 Å². The summed E-state index contributed by atoms with van der Waals surface area (Å²) < 4.78 is 0. The molecule has 1 aliphatic heterocycles. The van der Waals surface area contributed by atoms with Gasteiger partial charge in [0.2, 0.25) is 0 Å². The quantitative estimate of drug-likeness (QED) is 0.478. The highest BCUT2D eigenvalue weighted by Gasteiger charge is 2.11. The molecule has 1 unspecified atom stereocenters. The SMILES string of the molecule is [CH2]N1CCNCC1C. The predicted octanol–water partition coefficient (Wildman–Crippen LogP) is 0.0717. The van der Waals surface area contributed by atoms with Gasteiger partial charge in [0, 0.05) is 32.7 Å². The second kappa shape index (κ2) is 2.46. The van der Waals surface area contributed by atoms with Crippen LogP contribution in [0.5, 0.6) is 0 Å². The Morgan fingerprint density at radius 3 is 2.88 bits per heavy atom. The van der Waals surface area contributed by atoms with Crippen LogP contribution in [0.15, 0.2) is 0 Å². The Labute approximate surface area is 50.9 Å². The second-order valence-corrected chi connectivity index (χ2v) is 2.37. The normalized spacial score (nSPS) is 33.0. The van der Waals surface area contributed by atoms with Crippen molar-refractivity contribution in [1.29, 1.82) is 0 Å². The van der Waals surface area contributed by atoms with Gasteiger partial charge < -0.3 is 5.32 Å². The van der Waals surface area contributed by atoms with E-state index in [2.05, 4.69) is 24.2 Å². The number of hydrogen-bond acceptors (Lipinski definition) is 2. The Morgan fingerprint density at radius 2 is 2.50 bits per heavy atom. The van der Waals surface area contributed by atoms with Crippen LogP contribution in [0.3, 0.4) is 0 Å². The first-order valence-corrected chi connectivity index (χ1v) is 3.08. The fourth-order valence-electron chi connectivity index (χ4n) is 0.883. The summed E-state index contributed by atoms with van der Waals surface area (Å²) >= 11 is 0. The summed E-state index contributed by atoms with van der Waals surface area (Å²) in [6.07, 6.45) is 0. The van der Waals surface area contributed by atoms with E-state index in [-0.39, 0.29) is 0 Å². The number of nitrogens with zero attached hydrogens (tertiary/aromatic N) is 1. The molecule has 1 saturated heterocycles. The van der Waals surface area contributed by atoms with E-state index in [0.717, 1.165) is 19.6 Å². The third-order valence-electron chi connectivity index (χ3n) is 1.64. The Kier molecular flexibility index (Phi) is 1.86. The Bertz CT molecular complexity index is 62.9. The molecule has 1 rings (SSSR count). The zero-order valence-corrected chi connectivity index (χ0v) is 5.35. The average molecular weight is 113 g/mol. The molecule has 2 nitrogen and oxygen atoms in total. The van der Waals surface area contributed by atoms with E-state index in [9.17, 15) is 0 Å². The number of rotatable bonds is 0. The first-order valence-electron chi connectivity index (χ1n) is 3.08. The van der Waals surface area contributed by atoms with Crippen molar-refractivity contribution in [3.05, 3.63) is 7.05 Å². The van der Waals surface area contributed by atoms with Crippen LogP contribution in [0.2, 0.25) is 0 Å². The largest absolute Gasteiger partial charge is 0.314 e. The van der Waals surface area contributed by atoms with Crippen molar-refractivity contribution in [2.75, 3.05) is 19.6 Å². The lowest BCUT2D eigenvalue weighted by atomic mass is 10.2. The molecule has 1 atom stereocenters.